The maximum atomic E-state index is 10.00. The third kappa shape index (κ3) is 3.96. The van der Waals surface area contributed by atoms with Crippen molar-refractivity contribution >= 4 is 16.5 Å². The van der Waals surface area contributed by atoms with Crippen LogP contribution in [0, 0.1) is 0 Å². The molecule has 0 atom stereocenters. The lowest BCUT2D eigenvalue weighted by Gasteiger charge is -2.33. The van der Waals surface area contributed by atoms with Gasteiger partial charge in [0.1, 0.15) is 5.75 Å². The number of benzene rings is 3. The third-order valence-corrected chi connectivity index (χ3v) is 5.21. The average Bonchev–Trinajstić information content (AvgIpc) is 2.70. The maximum absolute atomic E-state index is 10.00. The van der Waals surface area contributed by atoms with Gasteiger partial charge in [-0.25, -0.2) is 0 Å². The van der Waals surface area contributed by atoms with Crippen LogP contribution >= 0.6 is 0 Å². The van der Waals surface area contributed by atoms with E-state index >= 15 is 0 Å². The maximum Gasteiger partial charge on any atom is 0.124 e. The third-order valence-electron chi connectivity index (χ3n) is 5.21. The van der Waals surface area contributed by atoms with Gasteiger partial charge in [0.2, 0.25) is 0 Å². The van der Waals surface area contributed by atoms with E-state index < -0.39 is 0 Å². The molecule has 1 N–H and O–H groups in total. The molecule has 27 heavy (non-hydrogen) atoms. The zero-order valence-corrected chi connectivity index (χ0v) is 15.7. The zero-order chi connectivity index (χ0) is 18.6. The smallest absolute Gasteiger partial charge is 0.124 e. The van der Waals surface area contributed by atoms with Crippen molar-refractivity contribution in [1.82, 2.24) is 9.91 Å². The molecule has 0 amide bonds. The summed E-state index contributed by atoms with van der Waals surface area (Å²) in [6, 6.07) is 22.5. The Kier molecular flexibility index (Phi) is 5.07. The summed E-state index contributed by atoms with van der Waals surface area (Å²) in [6.07, 6.45) is 0. The van der Waals surface area contributed by atoms with Gasteiger partial charge in [-0.05, 0) is 35.4 Å². The zero-order valence-electron chi connectivity index (χ0n) is 15.7. The van der Waals surface area contributed by atoms with Crippen molar-refractivity contribution in [2.45, 2.75) is 13.5 Å². The Morgan fingerprint density at radius 2 is 1.59 bits per heavy atom. The minimum Gasteiger partial charge on any atom is -0.507 e. The Morgan fingerprint density at radius 1 is 0.889 bits per heavy atom. The Morgan fingerprint density at radius 3 is 2.41 bits per heavy atom. The van der Waals surface area contributed by atoms with Crippen molar-refractivity contribution in [3.8, 4) is 5.75 Å². The first kappa shape index (κ1) is 17.6. The van der Waals surface area contributed by atoms with Gasteiger partial charge < -0.3 is 5.11 Å². The number of fused-ring (bicyclic) bond motifs is 1. The van der Waals surface area contributed by atoms with Crippen molar-refractivity contribution in [3.05, 3.63) is 77.9 Å². The number of phenols is 1. The average molecular weight is 359 g/mol. The predicted octanol–water partition coefficient (Wildman–Crippen LogP) is 4.09. The van der Waals surface area contributed by atoms with Gasteiger partial charge in [0, 0.05) is 38.3 Å². The second-order valence-corrected chi connectivity index (χ2v) is 7.07. The number of hydrogen-bond donors (Lipinski definition) is 1. The van der Waals surface area contributed by atoms with E-state index in [2.05, 4.69) is 52.4 Å². The van der Waals surface area contributed by atoms with E-state index in [0.29, 0.717) is 0 Å². The van der Waals surface area contributed by atoms with Crippen LogP contribution in [0.15, 0.2) is 71.8 Å². The van der Waals surface area contributed by atoms with Gasteiger partial charge in [-0.15, -0.1) is 0 Å². The lowest BCUT2D eigenvalue weighted by molar-refractivity contribution is 0.131. The first-order valence-corrected chi connectivity index (χ1v) is 9.48. The SMILES string of the molecule is C/C(=N/N1CCN(Cc2cccc3ccccc23)CC1)c1ccccc1O. The van der Waals surface area contributed by atoms with E-state index in [1.165, 1.54) is 16.3 Å². The molecule has 0 saturated carbocycles. The van der Waals surface area contributed by atoms with Crippen LogP contribution in [0.25, 0.3) is 10.8 Å². The van der Waals surface area contributed by atoms with Crippen molar-refractivity contribution in [2.75, 3.05) is 26.2 Å². The lowest BCUT2D eigenvalue weighted by atomic mass is 10.0. The van der Waals surface area contributed by atoms with E-state index in [1.807, 2.05) is 25.1 Å². The molecule has 0 radical (unpaired) electrons. The molecule has 138 valence electrons. The van der Waals surface area contributed by atoms with Crippen molar-refractivity contribution < 1.29 is 5.11 Å². The molecule has 3 aromatic rings. The number of rotatable bonds is 4. The topological polar surface area (TPSA) is 39.1 Å². The molecule has 1 aliphatic rings. The molecule has 1 saturated heterocycles. The summed E-state index contributed by atoms with van der Waals surface area (Å²) in [7, 11) is 0. The van der Waals surface area contributed by atoms with Crippen LogP contribution in [0.5, 0.6) is 5.75 Å². The van der Waals surface area contributed by atoms with E-state index in [-0.39, 0.29) is 5.75 Å². The van der Waals surface area contributed by atoms with Gasteiger partial charge >= 0.3 is 0 Å². The summed E-state index contributed by atoms with van der Waals surface area (Å²) in [5.74, 6) is 0.286. The molecule has 0 bridgehead atoms. The van der Waals surface area contributed by atoms with Crippen LogP contribution in [-0.2, 0) is 6.54 Å². The second-order valence-electron chi connectivity index (χ2n) is 7.07. The Labute approximate surface area is 160 Å². The summed E-state index contributed by atoms with van der Waals surface area (Å²) in [6.45, 7) is 6.70. The fourth-order valence-electron chi connectivity index (χ4n) is 3.71. The van der Waals surface area contributed by atoms with Crippen molar-refractivity contribution in [1.29, 1.82) is 0 Å². The Balaban J connectivity index is 1.40. The highest BCUT2D eigenvalue weighted by atomic mass is 16.3. The van der Waals surface area contributed by atoms with Crippen LogP contribution < -0.4 is 0 Å². The number of nitrogens with zero attached hydrogens (tertiary/aromatic N) is 3. The van der Waals surface area contributed by atoms with E-state index in [1.54, 1.807) is 6.07 Å². The van der Waals surface area contributed by atoms with Crippen LogP contribution in [0.2, 0.25) is 0 Å². The van der Waals surface area contributed by atoms with Crippen molar-refractivity contribution in [2.24, 2.45) is 5.10 Å². The van der Waals surface area contributed by atoms with Crippen LogP contribution in [0.3, 0.4) is 0 Å². The molecule has 4 rings (SSSR count). The van der Waals surface area contributed by atoms with Gasteiger partial charge in [0.25, 0.3) is 0 Å². The summed E-state index contributed by atoms with van der Waals surface area (Å²) >= 11 is 0. The highest BCUT2D eigenvalue weighted by Crippen LogP contribution is 2.21. The quantitative estimate of drug-likeness (QED) is 0.713. The summed E-state index contributed by atoms with van der Waals surface area (Å²) < 4.78 is 0. The fraction of sp³-hybridized carbons (Fsp3) is 0.261. The normalized spacial score (nSPS) is 16.0. The minimum atomic E-state index is 0.286. The molecule has 0 aliphatic carbocycles. The van der Waals surface area contributed by atoms with E-state index in [9.17, 15) is 5.11 Å². The first-order valence-electron chi connectivity index (χ1n) is 9.48. The molecule has 1 aliphatic heterocycles. The number of aromatic hydroxyl groups is 1. The number of phenolic OH excluding ortho intramolecular Hbond substituents is 1. The van der Waals surface area contributed by atoms with E-state index in [4.69, 9.17) is 5.10 Å². The van der Waals surface area contributed by atoms with Gasteiger partial charge in [0.15, 0.2) is 0 Å². The van der Waals surface area contributed by atoms with Gasteiger partial charge in [-0.1, -0.05) is 54.6 Å². The molecule has 1 fully saturated rings. The second kappa shape index (κ2) is 7.80. The molecule has 0 aromatic heterocycles. The Hall–Kier alpha value is -2.85. The molecule has 0 unspecified atom stereocenters. The number of hydrogen-bond acceptors (Lipinski definition) is 4. The summed E-state index contributed by atoms with van der Waals surface area (Å²) in [5, 5.41) is 19.5. The summed E-state index contributed by atoms with van der Waals surface area (Å²) in [5.41, 5.74) is 3.04. The highest BCUT2D eigenvalue weighted by Gasteiger charge is 2.17. The first-order chi connectivity index (χ1) is 13.2. The van der Waals surface area contributed by atoms with Crippen molar-refractivity contribution in [3.63, 3.8) is 0 Å². The standard InChI is InChI=1S/C23H25N3O/c1-18(21-10-4-5-12-23(21)27)24-26-15-13-25(14-16-26)17-20-9-6-8-19-7-2-3-11-22(19)20/h2-12,27H,13-17H2,1H3/b24-18-. The summed E-state index contributed by atoms with van der Waals surface area (Å²) in [4.78, 5) is 2.49. The lowest BCUT2D eigenvalue weighted by Crippen LogP contribution is -2.43. The molecule has 0 spiro atoms. The van der Waals surface area contributed by atoms with Crippen LogP contribution in [-0.4, -0.2) is 46.9 Å². The van der Waals surface area contributed by atoms with Crippen LogP contribution in [0.4, 0.5) is 0 Å². The minimum absolute atomic E-state index is 0.286. The molecule has 3 aromatic carbocycles. The number of hydrazone groups is 1. The highest BCUT2D eigenvalue weighted by molar-refractivity contribution is 6.00. The fourth-order valence-corrected chi connectivity index (χ4v) is 3.71. The number of piperazine rings is 1. The number of para-hydroxylation sites is 1. The molecular formula is C23H25N3O. The molecular weight excluding hydrogens is 334 g/mol. The van der Waals surface area contributed by atoms with Crippen LogP contribution in [0.1, 0.15) is 18.1 Å². The molecule has 4 nitrogen and oxygen atoms in total. The molecule has 4 heteroatoms. The van der Waals surface area contributed by atoms with Gasteiger partial charge in [0.05, 0.1) is 5.71 Å². The van der Waals surface area contributed by atoms with E-state index in [0.717, 1.165) is 44.0 Å². The Bertz CT molecular complexity index is 953. The monoisotopic (exact) mass is 359 g/mol. The largest absolute Gasteiger partial charge is 0.507 e. The van der Waals surface area contributed by atoms with Gasteiger partial charge in [-0.3, -0.25) is 9.91 Å². The van der Waals surface area contributed by atoms with Gasteiger partial charge in [-0.2, -0.15) is 5.10 Å². The molecule has 1 heterocycles. The predicted molar refractivity (Wildman–Crippen MR) is 111 cm³/mol.